The van der Waals surface area contributed by atoms with Gasteiger partial charge in [-0.3, -0.25) is 9.78 Å². The summed E-state index contributed by atoms with van der Waals surface area (Å²) in [5.74, 6) is -3.22. The highest BCUT2D eigenvalue weighted by Crippen LogP contribution is 2.33. The van der Waals surface area contributed by atoms with Gasteiger partial charge in [-0.05, 0) is 42.0 Å². The molecular weight excluding hydrogens is 684 g/mol. The number of thiazole rings is 1. The molecule has 0 bridgehead atoms. The fraction of sp³-hybridized carbons (Fsp3) is 0.259. The lowest BCUT2D eigenvalue weighted by molar-refractivity contribution is -0.275. The number of nitrogens with zero attached hydrogens (tertiary/aromatic N) is 4. The number of piperazine rings is 1. The molecule has 250 valence electrons. The van der Waals surface area contributed by atoms with E-state index < -0.39 is 57.1 Å². The summed E-state index contributed by atoms with van der Waals surface area (Å²) in [5, 5.41) is 12.3. The molecule has 2 aromatic heterocycles. The summed E-state index contributed by atoms with van der Waals surface area (Å²) in [4.78, 5) is 34.7. The Morgan fingerprint density at radius 3 is 2.11 bits per heavy atom. The molecule has 20 heteroatoms. The molecule has 1 aliphatic rings. The van der Waals surface area contributed by atoms with Crippen molar-refractivity contribution < 1.29 is 58.9 Å². The van der Waals surface area contributed by atoms with E-state index in [1.807, 2.05) is 0 Å². The first kappa shape index (κ1) is 33.7. The van der Waals surface area contributed by atoms with Crippen LogP contribution in [0, 0.1) is 0 Å². The Morgan fingerprint density at radius 1 is 0.936 bits per heavy atom. The van der Waals surface area contributed by atoms with Crippen molar-refractivity contribution >= 4 is 48.6 Å². The molecule has 0 spiro atoms. The number of sulfonamides is 1. The lowest BCUT2D eigenvalue weighted by atomic mass is 10.1. The van der Waals surface area contributed by atoms with Crippen molar-refractivity contribution in [2.75, 3.05) is 24.5 Å². The van der Waals surface area contributed by atoms with Gasteiger partial charge in [-0.25, -0.2) is 18.2 Å². The normalized spacial score (nSPS) is 16.2. The number of nitrogens with one attached hydrogen (secondary N) is 1. The molecule has 1 unspecified atom stereocenters. The molecule has 5 rings (SSSR count). The number of amides is 1. The number of carboxylic acid groups (broad SMARTS) is 1. The third-order valence-electron chi connectivity index (χ3n) is 6.72. The van der Waals surface area contributed by atoms with E-state index in [4.69, 9.17) is 0 Å². The quantitative estimate of drug-likeness (QED) is 0.240. The van der Waals surface area contributed by atoms with Crippen LogP contribution in [0.15, 0.2) is 65.8 Å². The third kappa shape index (κ3) is 8.00. The lowest BCUT2D eigenvalue weighted by Crippen LogP contribution is -2.60. The van der Waals surface area contributed by atoms with Gasteiger partial charge in [0.25, 0.3) is 0 Å². The molecule has 1 aliphatic heterocycles. The fourth-order valence-electron chi connectivity index (χ4n) is 4.64. The average Bonchev–Trinajstić information content (AvgIpc) is 3.43. The number of aromatic nitrogens is 2. The van der Waals surface area contributed by atoms with Crippen LogP contribution >= 0.6 is 11.3 Å². The van der Waals surface area contributed by atoms with Gasteiger partial charge in [0.15, 0.2) is 5.13 Å². The van der Waals surface area contributed by atoms with Crippen LogP contribution in [0.25, 0.3) is 10.2 Å². The van der Waals surface area contributed by atoms with Gasteiger partial charge in [0.1, 0.15) is 28.6 Å². The Kier molecular flexibility index (Phi) is 9.20. The number of fused-ring (bicyclic) bond motifs is 1. The number of hydrogen-bond donors (Lipinski definition) is 2. The van der Waals surface area contributed by atoms with E-state index in [-0.39, 0.29) is 42.4 Å². The number of halogens is 6. The molecule has 4 aromatic rings. The van der Waals surface area contributed by atoms with Crippen LogP contribution in [0.3, 0.4) is 0 Å². The van der Waals surface area contributed by atoms with E-state index in [0.29, 0.717) is 10.3 Å². The summed E-state index contributed by atoms with van der Waals surface area (Å²) in [6.45, 7) is -0.776. The molecule has 2 N–H and O–H groups in total. The van der Waals surface area contributed by atoms with E-state index in [9.17, 15) is 49.5 Å². The molecule has 2 aromatic carbocycles. The topological polar surface area (TPSA) is 151 Å². The maximum absolute atomic E-state index is 13.7. The van der Waals surface area contributed by atoms with Crippen LogP contribution in [-0.2, 0) is 21.4 Å². The second kappa shape index (κ2) is 12.8. The monoisotopic (exact) mass is 705 g/mol. The fourth-order valence-corrected chi connectivity index (χ4v) is 7.20. The lowest BCUT2D eigenvalue weighted by Gasteiger charge is -2.39. The van der Waals surface area contributed by atoms with Gasteiger partial charge < -0.3 is 24.8 Å². The summed E-state index contributed by atoms with van der Waals surface area (Å²) in [6.07, 6.45) is -7.38. The van der Waals surface area contributed by atoms with Crippen molar-refractivity contribution in [3.8, 4) is 11.5 Å². The molecule has 12 nitrogen and oxygen atoms in total. The predicted molar refractivity (Wildman–Crippen MR) is 152 cm³/mol. The Bertz CT molecular complexity index is 1890. The average molecular weight is 706 g/mol. The highest BCUT2D eigenvalue weighted by atomic mass is 32.2. The van der Waals surface area contributed by atoms with Crippen molar-refractivity contribution in [2.45, 2.75) is 30.2 Å². The van der Waals surface area contributed by atoms with Crippen LogP contribution in [0.2, 0.25) is 0 Å². The van der Waals surface area contributed by atoms with Crippen molar-refractivity contribution in [1.29, 1.82) is 0 Å². The van der Waals surface area contributed by atoms with Crippen molar-refractivity contribution in [2.24, 2.45) is 0 Å². The van der Waals surface area contributed by atoms with Crippen LogP contribution in [0.5, 0.6) is 11.5 Å². The summed E-state index contributed by atoms with van der Waals surface area (Å²) >= 11 is 1.07. The van der Waals surface area contributed by atoms with Crippen molar-refractivity contribution in [3.63, 3.8) is 0 Å². The number of carboxylic acids is 1. The van der Waals surface area contributed by atoms with Gasteiger partial charge in [-0.2, -0.15) is 4.31 Å². The predicted octanol–water partition coefficient (Wildman–Crippen LogP) is 4.38. The molecule has 1 fully saturated rings. The summed E-state index contributed by atoms with van der Waals surface area (Å²) < 4.78 is 112. The van der Waals surface area contributed by atoms with Gasteiger partial charge in [0.05, 0.1) is 9.60 Å². The second-order valence-corrected chi connectivity index (χ2v) is 12.7. The highest BCUT2D eigenvalue weighted by molar-refractivity contribution is 7.89. The van der Waals surface area contributed by atoms with Crippen LogP contribution < -0.4 is 19.7 Å². The van der Waals surface area contributed by atoms with Gasteiger partial charge in [0.2, 0.25) is 15.9 Å². The van der Waals surface area contributed by atoms with E-state index in [0.717, 1.165) is 58.2 Å². The Labute approximate surface area is 265 Å². The van der Waals surface area contributed by atoms with E-state index in [2.05, 4.69) is 24.8 Å². The molecular formula is C27H21F6N5O7S2. The number of ether oxygens (including phenoxy) is 2. The zero-order chi connectivity index (χ0) is 34.1. The number of pyridine rings is 1. The molecule has 0 radical (unpaired) electrons. The number of anilines is 1. The molecule has 1 atom stereocenters. The van der Waals surface area contributed by atoms with Crippen LogP contribution in [0.4, 0.5) is 31.5 Å². The van der Waals surface area contributed by atoms with Gasteiger partial charge >= 0.3 is 18.7 Å². The first-order valence-electron chi connectivity index (χ1n) is 13.2. The van der Waals surface area contributed by atoms with Gasteiger partial charge in [-0.15, -0.1) is 26.3 Å². The minimum absolute atomic E-state index is 0.00536. The number of rotatable bonds is 9. The maximum atomic E-state index is 13.7. The highest BCUT2D eigenvalue weighted by Gasteiger charge is 2.41. The first-order valence-corrected chi connectivity index (χ1v) is 15.5. The Morgan fingerprint density at radius 2 is 1.53 bits per heavy atom. The van der Waals surface area contributed by atoms with E-state index in [1.165, 1.54) is 18.3 Å². The van der Waals surface area contributed by atoms with Gasteiger partial charge in [-0.1, -0.05) is 23.5 Å². The Balaban J connectivity index is 1.41. The van der Waals surface area contributed by atoms with E-state index >= 15 is 0 Å². The zero-order valence-corrected chi connectivity index (χ0v) is 25.1. The molecule has 0 aliphatic carbocycles. The minimum Gasteiger partial charge on any atom is -0.478 e. The Hall–Kier alpha value is -4.69. The maximum Gasteiger partial charge on any atom is 0.573 e. The number of alkyl halides is 6. The number of benzene rings is 2. The SMILES string of the molecule is O=C(O)c1cncc2sc(N3CCN(S(=O)(=O)c4ccc(OC(F)(F)F)cc4)C(C(=O)NCc4ccc(OC(F)(F)F)cc4)C3)nc12. The van der Waals surface area contributed by atoms with Crippen LogP contribution in [0.1, 0.15) is 15.9 Å². The summed E-state index contributed by atoms with van der Waals surface area (Å²) in [7, 11) is -4.49. The standard InChI is InChI=1S/C27H21F6N5O7S2/c28-26(29,30)44-16-3-1-15(2-4-16)11-35-23(39)20-14-37(25-36-22-19(24(40)41)12-34-13-21(22)46-25)9-10-38(20)47(42,43)18-7-5-17(6-8-18)45-27(31,32)33/h1-8,12-13,20H,9-11,14H2,(H,35,39)(H,40,41). The van der Waals surface area contributed by atoms with Crippen molar-refractivity contribution in [1.82, 2.24) is 19.6 Å². The van der Waals surface area contributed by atoms with Crippen molar-refractivity contribution in [3.05, 3.63) is 72.1 Å². The molecule has 47 heavy (non-hydrogen) atoms. The number of hydrogen-bond acceptors (Lipinski definition) is 10. The molecule has 0 saturated carbocycles. The summed E-state index contributed by atoms with van der Waals surface area (Å²) in [6, 6.07) is 6.59. The first-order chi connectivity index (χ1) is 22.0. The number of aromatic carboxylic acids is 1. The zero-order valence-electron chi connectivity index (χ0n) is 23.4. The van der Waals surface area contributed by atoms with Gasteiger partial charge in [0, 0.05) is 38.6 Å². The smallest absolute Gasteiger partial charge is 0.478 e. The van der Waals surface area contributed by atoms with Crippen LogP contribution in [-0.4, -0.2) is 78.1 Å². The molecule has 1 amide bonds. The molecule has 3 heterocycles. The molecule has 1 saturated heterocycles. The number of carbonyl (C=O) groups excluding carboxylic acids is 1. The minimum atomic E-state index is -5.01. The second-order valence-electron chi connectivity index (χ2n) is 9.84. The largest absolute Gasteiger partial charge is 0.573 e. The third-order valence-corrected chi connectivity index (χ3v) is 9.69. The summed E-state index contributed by atoms with van der Waals surface area (Å²) in [5.41, 5.74) is 0.336. The van der Waals surface area contributed by atoms with E-state index in [1.54, 1.807) is 4.90 Å². The number of carbonyl (C=O) groups is 2.